The second-order valence-corrected chi connectivity index (χ2v) is 7.84. The van der Waals surface area contributed by atoms with Crippen LogP contribution in [0.2, 0.25) is 0 Å². The SMILES string of the molecule is CNC(=O)c1cccc(NC(=O)CCc2nc3sc4c(c3c(=O)[nH]2)CCC4)c1. The van der Waals surface area contributed by atoms with E-state index in [0.717, 1.165) is 35.0 Å². The fourth-order valence-corrected chi connectivity index (χ4v) is 4.78. The van der Waals surface area contributed by atoms with E-state index in [-0.39, 0.29) is 23.8 Å². The van der Waals surface area contributed by atoms with Gasteiger partial charge in [0.1, 0.15) is 10.7 Å². The third-order valence-electron chi connectivity index (χ3n) is 4.85. The van der Waals surface area contributed by atoms with E-state index in [9.17, 15) is 14.4 Å². The van der Waals surface area contributed by atoms with Gasteiger partial charge in [0.25, 0.3) is 11.5 Å². The molecule has 0 spiro atoms. The number of aromatic amines is 1. The van der Waals surface area contributed by atoms with Crippen molar-refractivity contribution in [2.75, 3.05) is 12.4 Å². The maximum atomic E-state index is 12.5. The lowest BCUT2D eigenvalue weighted by molar-refractivity contribution is -0.116. The molecule has 28 heavy (non-hydrogen) atoms. The molecule has 1 aromatic carbocycles. The average Bonchev–Trinajstić information content (AvgIpc) is 3.26. The monoisotopic (exact) mass is 396 g/mol. The maximum absolute atomic E-state index is 12.5. The Hall–Kier alpha value is -3.00. The summed E-state index contributed by atoms with van der Waals surface area (Å²) >= 11 is 1.59. The molecule has 4 rings (SSSR count). The van der Waals surface area contributed by atoms with Crippen molar-refractivity contribution in [3.05, 3.63) is 56.4 Å². The first-order chi connectivity index (χ1) is 13.5. The molecule has 0 fully saturated rings. The van der Waals surface area contributed by atoms with Crippen molar-refractivity contribution in [1.29, 1.82) is 0 Å². The molecule has 0 atom stereocenters. The largest absolute Gasteiger partial charge is 0.355 e. The number of aromatic nitrogens is 2. The summed E-state index contributed by atoms with van der Waals surface area (Å²) in [6.07, 6.45) is 3.58. The van der Waals surface area contributed by atoms with Crippen molar-refractivity contribution in [3.8, 4) is 0 Å². The van der Waals surface area contributed by atoms with Gasteiger partial charge in [0.15, 0.2) is 0 Å². The zero-order valence-electron chi connectivity index (χ0n) is 15.4. The Morgan fingerprint density at radius 2 is 2.14 bits per heavy atom. The number of hydrogen-bond donors (Lipinski definition) is 3. The molecular formula is C20H20N4O3S. The normalized spacial score (nSPS) is 12.8. The van der Waals surface area contributed by atoms with Crippen LogP contribution in [0.3, 0.4) is 0 Å². The predicted molar refractivity (Wildman–Crippen MR) is 109 cm³/mol. The van der Waals surface area contributed by atoms with Gasteiger partial charge < -0.3 is 15.6 Å². The fourth-order valence-electron chi connectivity index (χ4n) is 3.50. The molecule has 8 heteroatoms. The molecule has 0 radical (unpaired) electrons. The fraction of sp³-hybridized carbons (Fsp3) is 0.300. The zero-order valence-corrected chi connectivity index (χ0v) is 16.2. The number of rotatable bonds is 5. The molecule has 2 amide bonds. The minimum absolute atomic E-state index is 0.113. The number of carbonyl (C=O) groups is 2. The van der Waals surface area contributed by atoms with Crippen LogP contribution in [0.25, 0.3) is 10.2 Å². The van der Waals surface area contributed by atoms with E-state index in [1.165, 1.54) is 4.88 Å². The Morgan fingerprint density at radius 3 is 2.96 bits per heavy atom. The number of aryl methyl sites for hydroxylation is 3. The number of benzene rings is 1. The van der Waals surface area contributed by atoms with Crippen LogP contribution in [0.1, 0.15) is 39.5 Å². The van der Waals surface area contributed by atoms with Gasteiger partial charge in [0, 0.05) is 36.0 Å². The number of fused-ring (bicyclic) bond motifs is 3. The lowest BCUT2D eigenvalue weighted by Gasteiger charge is -2.07. The first-order valence-electron chi connectivity index (χ1n) is 9.20. The molecule has 1 aliphatic rings. The predicted octanol–water partition coefficient (Wildman–Crippen LogP) is 2.40. The second-order valence-electron chi connectivity index (χ2n) is 6.76. The van der Waals surface area contributed by atoms with Gasteiger partial charge in [-0.05, 0) is 43.0 Å². The van der Waals surface area contributed by atoms with Crippen molar-refractivity contribution in [3.63, 3.8) is 0 Å². The van der Waals surface area contributed by atoms with Gasteiger partial charge in [-0.25, -0.2) is 4.98 Å². The number of H-pyrrole nitrogens is 1. The number of carbonyl (C=O) groups excluding carboxylic acids is 2. The highest BCUT2D eigenvalue weighted by Crippen LogP contribution is 2.34. The summed E-state index contributed by atoms with van der Waals surface area (Å²) in [6.45, 7) is 0. The summed E-state index contributed by atoms with van der Waals surface area (Å²) in [5, 5.41) is 6.05. The maximum Gasteiger partial charge on any atom is 0.259 e. The van der Waals surface area contributed by atoms with Gasteiger partial charge >= 0.3 is 0 Å². The number of nitrogens with one attached hydrogen (secondary N) is 3. The number of hydrogen-bond acceptors (Lipinski definition) is 5. The number of nitrogens with zero attached hydrogens (tertiary/aromatic N) is 1. The first-order valence-corrected chi connectivity index (χ1v) is 10.0. The lowest BCUT2D eigenvalue weighted by Crippen LogP contribution is -2.19. The highest BCUT2D eigenvalue weighted by molar-refractivity contribution is 7.18. The van der Waals surface area contributed by atoms with Crippen molar-refractivity contribution >= 4 is 39.1 Å². The molecule has 0 saturated carbocycles. The Labute approximate surface area is 165 Å². The van der Waals surface area contributed by atoms with Crippen molar-refractivity contribution in [2.45, 2.75) is 32.1 Å². The van der Waals surface area contributed by atoms with E-state index in [1.807, 2.05) is 0 Å². The van der Waals surface area contributed by atoms with E-state index in [0.29, 0.717) is 23.5 Å². The Morgan fingerprint density at radius 1 is 1.29 bits per heavy atom. The summed E-state index contributed by atoms with van der Waals surface area (Å²) < 4.78 is 0. The summed E-state index contributed by atoms with van der Waals surface area (Å²) in [7, 11) is 1.56. The Bertz CT molecular complexity index is 1130. The minimum Gasteiger partial charge on any atom is -0.355 e. The average molecular weight is 396 g/mol. The lowest BCUT2D eigenvalue weighted by atomic mass is 10.2. The molecule has 0 saturated heterocycles. The van der Waals surface area contributed by atoms with E-state index >= 15 is 0 Å². The van der Waals surface area contributed by atoms with Gasteiger partial charge in [0.2, 0.25) is 5.91 Å². The Kier molecular flexibility index (Phi) is 4.95. The molecule has 3 aromatic rings. The molecule has 0 aliphatic heterocycles. The highest BCUT2D eigenvalue weighted by Gasteiger charge is 2.21. The molecule has 0 bridgehead atoms. The van der Waals surface area contributed by atoms with Gasteiger partial charge in [-0.1, -0.05) is 6.07 Å². The van der Waals surface area contributed by atoms with Crippen LogP contribution < -0.4 is 16.2 Å². The van der Waals surface area contributed by atoms with E-state index in [2.05, 4.69) is 20.6 Å². The van der Waals surface area contributed by atoms with Crippen LogP contribution in [-0.2, 0) is 24.1 Å². The van der Waals surface area contributed by atoms with Crippen LogP contribution in [0.5, 0.6) is 0 Å². The van der Waals surface area contributed by atoms with Crippen LogP contribution in [-0.4, -0.2) is 28.8 Å². The van der Waals surface area contributed by atoms with Gasteiger partial charge in [-0.2, -0.15) is 0 Å². The summed E-state index contributed by atoms with van der Waals surface area (Å²) in [6, 6.07) is 6.74. The van der Waals surface area contributed by atoms with Crippen molar-refractivity contribution in [2.24, 2.45) is 0 Å². The van der Waals surface area contributed by atoms with Crippen molar-refractivity contribution in [1.82, 2.24) is 15.3 Å². The quantitative estimate of drug-likeness (QED) is 0.616. The first kappa shape index (κ1) is 18.4. The van der Waals surface area contributed by atoms with Gasteiger partial charge in [0.05, 0.1) is 5.39 Å². The highest BCUT2D eigenvalue weighted by atomic mass is 32.1. The third-order valence-corrected chi connectivity index (χ3v) is 6.03. The standard InChI is InChI=1S/C20H20N4O3S/c1-21-18(26)11-4-2-5-12(10-11)22-16(25)9-8-15-23-19(27)17-13-6-3-7-14(13)28-20(17)24-15/h2,4-5,10H,3,6-9H2,1H3,(H,21,26)(H,22,25)(H,23,24,27). The summed E-state index contributed by atoms with van der Waals surface area (Å²) in [5.74, 6) is 0.103. The van der Waals surface area contributed by atoms with E-state index < -0.39 is 0 Å². The number of anilines is 1. The summed E-state index contributed by atoms with van der Waals surface area (Å²) in [5.41, 5.74) is 2.06. The minimum atomic E-state index is -0.214. The smallest absolute Gasteiger partial charge is 0.259 e. The molecule has 2 heterocycles. The van der Waals surface area contributed by atoms with Crippen LogP contribution >= 0.6 is 11.3 Å². The topological polar surface area (TPSA) is 104 Å². The van der Waals surface area contributed by atoms with Gasteiger partial charge in [-0.15, -0.1) is 11.3 Å². The molecule has 0 unspecified atom stereocenters. The number of thiophene rings is 1. The molecular weight excluding hydrogens is 376 g/mol. The van der Waals surface area contributed by atoms with Crippen LogP contribution in [0, 0.1) is 0 Å². The van der Waals surface area contributed by atoms with E-state index in [1.54, 1.807) is 42.6 Å². The zero-order chi connectivity index (χ0) is 19.7. The number of amides is 2. The molecule has 3 N–H and O–H groups in total. The summed E-state index contributed by atoms with van der Waals surface area (Å²) in [4.78, 5) is 45.8. The van der Waals surface area contributed by atoms with Crippen LogP contribution in [0.15, 0.2) is 29.1 Å². The Balaban J connectivity index is 1.44. The molecule has 7 nitrogen and oxygen atoms in total. The van der Waals surface area contributed by atoms with Crippen molar-refractivity contribution < 1.29 is 9.59 Å². The van der Waals surface area contributed by atoms with E-state index in [4.69, 9.17) is 0 Å². The second kappa shape index (κ2) is 7.55. The molecule has 1 aliphatic carbocycles. The molecule has 144 valence electrons. The molecule has 2 aromatic heterocycles. The van der Waals surface area contributed by atoms with Crippen LogP contribution in [0.4, 0.5) is 5.69 Å². The van der Waals surface area contributed by atoms with Gasteiger partial charge in [-0.3, -0.25) is 14.4 Å². The third kappa shape index (κ3) is 3.55.